The van der Waals surface area contributed by atoms with Crippen LogP contribution in [0.15, 0.2) is 30.3 Å². The van der Waals surface area contributed by atoms with Crippen molar-refractivity contribution >= 4 is 30.7 Å². The molecule has 1 unspecified atom stereocenters. The summed E-state index contributed by atoms with van der Waals surface area (Å²) in [5, 5.41) is 10.0. The Morgan fingerprint density at radius 1 is 1.16 bits per heavy atom. The minimum Gasteiger partial charge on any atom is -0.354 e. The minimum atomic E-state index is 0. The Labute approximate surface area is 164 Å². The molecule has 0 saturated heterocycles. The number of benzene rings is 1. The van der Waals surface area contributed by atoms with Crippen molar-refractivity contribution in [3.05, 3.63) is 35.9 Å². The lowest BCUT2D eigenvalue weighted by Crippen LogP contribution is -2.52. The summed E-state index contributed by atoms with van der Waals surface area (Å²) in [6.07, 6.45) is 6.25. The van der Waals surface area contributed by atoms with Crippen LogP contribution in [0.5, 0.6) is 0 Å². The van der Waals surface area contributed by atoms with Gasteiger partial charge in [-0.2, -0.15) is 0 Å². The van der Waals surface area contributed by atoms with Crippen LogP contribution in [0.1, 0.15) is 57.1 Å². The lowest BCUT2D eigenvalue weighted by atomic mass is 9.94. The van der Waals surface area contributed by atoms with Gasteiger partial charge in [-0.05, 0) is 45.3 Å². The van der Waals surface area contributed by atoms with E-state index in [1.165, 1.54) is 18.4 Å². The van der Waals surface area contributed by atoms with Gasteiger partial charge in [0.1, 0.15) is 0 Å². The highest BCUT2D eigenvalue weighted by Gasteiger charge is 2.35. The highest BCUT2D eigenvalue weighted by Crippen LogP contribution is 2.31. The molecule has 144 valence electrons. The molecule has 1 atom stereocenters. The Hall–Kier alpha value is -0.810. The first-order chi connectivity index (χ1) is 11.2. The Bertz CT molecular complexity index is 479. The van der Waals surface area contributed by atoms with Crippen LogP contribution in [0.3, 0.4) is 0 Å². The maximum Gasteiger partial charge on any atom is 0.220 e. The Morgan fingerprint density at radius 2 is 1.80 bits per heavy atom. The number of hydrogen-bond acceptors (Lipinski definition) is 3. The fourth-order valence-corrected chi connectivity index (χ4v) is 3.49. The first-order valence-corrected chi connectivity index (χ1v) is 8.89. The standard InChI is InChI=1S/C19H31N3O.2ClH/c1-16(17-9-4-3-5-10-17)22-19(12-6-7-13-19)15-21-18(23)11-8-14-20-2;;/h3-5,9-10,16,20,22H,6-8,11-15H2,1-2H3,(H,21,23);2*1H. The number of rotatable bonds is 9. The topological polar surface area (TPSA) is 53.2 Å². The predicted octanol–water partition coefficient (Wildman–Crippen LogP) is 3.61. The zero-order valence-electron chi connectivity index (χ0n) is 15.3. The largest absolute Gasteiger partial charge is 0.354 e. The maximum absolute atomic E-state index is 12.0. The van der Waals surface area contributed by atoms with Crippen molar-refractivity contribution in [3.63, 3.8) is 0 Å². The summed E-state index contributed by atoms with van der Waals surface area (Å²) >= 11 is 0. The third kappa shape index (κ3) is 7.95. The molecule has 0 spiro atoms. The molecule has 0 bridgehead atoms. The van der Waals surface area contributed by atoms with Gasteiger partial charge >= 0.3 is 0 Å². The van der Waals surface area contributed by atoms with Gasteiger partial charge in [-0.3, -0.25) is 4.79 Å². The smallest absolute Gasteiger partial charge is 0.220 e. The van der Waals surface area contributed by atoms with Crippen molar-refractivity contribution in [1.82, 2.24) is 16.0 Å². The lowest BCUT2D eigenvalue weighted by Gasteiger charge is -2.34. The second-order valence-corrected chi connectivity index (χ2v) is 6.75. The van der Waals surface area contributed by atoms with E-state index < -0.39 is 0 Å². The zero-order valence-corrected chi connectivity index (χ0v) is 17.0. The van der Waals surface area contributed by atoms with E-state index in [4.69, 9.17) is 0 Å². The molecule has 0 radical (unpaired) electrons. The van der Waals surface area contributed by atoms with Gasteiger partial charge in [-0.1, -0.05) is 43.2 Å². The van der Waals surface area contributed by atoms with Crippen LogP contribution in [0, 0.1) is 0 Å². The van der Waals surface area contributed by atoms with Crippen LogP contribution in [-0.4, -0.2) is 31.6 Å². The van der Waals surface area contributed by atoms with Crippen molar-refractivity contribution in [1.29, 1.82) is 0 Å². The molecular weight excluding hydrogens is 357 g/mol. The van der Waals surface area contributed by atoms with Gasteiger partial charge in [0.25, 0.3) is 0 Å². The summed E-state index contributed by atoms with van der Waals surface area (Å²) in [4.78, 5) is 12.0. The first kappa shape index (κ1) is 24.2. The van der Waals surface area contributed by atoms with E-state index in [-0.39, 0.29) is 36.3 Å². The monoisotopic (exact) mass is 389 g/mol. The third-order valence-electron chi connectivity index (χ3n) is 4.84. The molecule has 1 aliphatic carbocycles. The van der Waals surface area contributed by atoms with Gasteiger partial charge in [-0.15, -0.1) is 24.8 Å². The Balaban J connectivity index is 0.00000288. The molecule has 0 aromatic heterocycles. The number of carbonyl (C=O) groups excluding carboxylic acids is 1. The molecule has 2 rings (SSSR count). The van der Waals surface area contributed by atoms with E-state index >= 15 is 0 Å². The van der Waals surface area contributed by atoms with E-state index in [1.807, 2.05) is 13.1 Å². The van der Waals surface area contributed by atoms with E-state index in [0.717, 1.165) is 32.4 Å². The number of hydrogen-bond donors (Lipinski definition) is 3. The SMILES string of the molecule is CNCCCC(=O)NCC1(NC(C)c2ccccc2)CCCC1.Cl.Cl. The Kier molecular flexibility index (Phi) is 12.1. The van der Waals surface area contributed by atoms with E-state index in [2.05, 4.69) is 47.1 Å². The summed E-state index contributed by atoms with van der Waals surface area (Å²) in [5.41, 5.74) is 1.35. The van der Waals surface area contributed by atoms with Crippen LogP contribution in [0.4, 0.5) is 0 Å². The van der Waals surface area contributed by atoms with Crippen molar-refractivity contribution < 1.29 is 4.79 Å². The van der Waals surface area contributed by atoms with Crippen molar-refractivity contribution in [2.45, 2.75) is 57.0 Å². The molecule has 1 saturated carbocycles. The molecule has 4 nitrogen and oxygen atoms in total. The average Bonchev–Trinajstić information content (AvgIpc) is 3.03. The van der Waals surface area contributed by atoms with E-state index in [0.29, 0.717) is 12.5 Å². The fourth-order valence-electron chi connectivity index (χ4n) is 3.49. The highest BCUT2D eigenvalue weighted by molar-refractivity contribution is 5.85. The van der Waals surface area contributed by atoms with Gasteiger partial charge in [0.2, 0.25) is 5.91 Å². The van der Waals surface area contributed by atoms with Gasteiger partial charge in [0.05, 0.1) is 0 Å². The molecule has 1 fully saturated rings. The zero-order chi connectivity index (χ0) is 16.5. The minimum absolute atomic E-state index is 0. The lowest BCUT2D eigenvalue weighted by molar-refractivity contribution is -0.121. The molecule has 25 heavy (non-hydrogen) atoms. The van der Waals surface area contributed by atoms with Crippen LogP contribution in [0.2, 0.25) is 0 Å². The second kappa shape index (κ2) is 12.5. The van der Waals surface area contributed by atoms with Crippen molar-refractivity contribution in [2.24, 2.45) is 0 Å². The highest BCUT2D eigenvalue weighted by atomic mass is 35.5. The van der Waals surface area contributed by atoms with Gasteiger partial charge in [0, 0.05) is 24.5 Å². The number of nitrogens with one attached hydrogen (secondary N) is 3. The quantitative estimate of drug-likeness (QED) is 0.565. The van der Waals surface area contributed by atoms with Crippen LogP contribution in [-0.2, 0) is 4.79 Å². The average molecular weight is 390 g/mol. The summed E-state index contributed by atoms with van der Waals surface area (Å²) in [6, 6.07) is 10.8. The van der Waals surface area contributed by atoms with Crippen LogP contribution >= 0.6 is 24.8 Å². The third-order valence-corrected chi connectivity index (χ3v) is 4.84. The molecule has 1 amide bonds. The molecule has 3 N–H and O–H groups in total. The second-order valence-electron chi connectivity index (χ2n) is 6.75. The molecule has 1 aromatic rings. The summed E-state index contributed by atoms with van der Waals surface area (Å²) in [6.45, 7) is 3.84. The maximum atomic E-state index is 12.0. The van der Waals surface area contributed by atoms with E-state index in [1.54, 1.807) is 0 Å². The summed E-state index contributed by atoms with van der Waals surface area (Å²) in [5.74, 6) is 0.167. The fraction of sp³-hybridized carbons (Fsp3) is 0.632. The van der Waals surface area contributed by atoms with Crippen LogP contribution < -0.4 is 16.0 Å². The van der Waals surface area contributed by atoms with Gasteiger partial charge in [-0.25, -0.2) is 0 Å². The molecular formula is C19H33Cl2N3O. The molecule has 1 aromatic carbocycles. The molecule has 0 aliphatic heterocycles. The van der Waals surface area contributed by atoms with Crippen LogP contribution in [0.25, 0.3) is 0 Å². The van der Waals surface area contributed by atoms with Crippen molar-refractivity contribution in [3.8, 4) is 0 Å². The van der Waals surface area contributed by atoms with Gasteiger partial charge < -0.3 is 16.0 Å². The first-order valence-electron chi connectivity index (χ1n) is 8.89. The van der Waals surface area contributed by atoms with Gasteiger partial charge in [0.15, 0.2) is 0 Å². The Morgan fingerprint density at radius 3 is 2.40 bits per heavy atom. The normalized spacial score (nSPS) is 16.4. The summed E-state index contributed by atoms with van der Waals surface area (Å²) < 4.78 is 0. The predicted molar refractivity (Wildman–Crippen MR) is 110 cm³/mol. The molecule has 1 aliphatic rings. The number of carbonyl (C=O) groups is 1. The number of halogens is 2. The summed E-state index contributed by atoms with van der Waals surface area (Å²) in [7, 11) is 1.92. The van der Waals surface area contributed by atoms with Crippen molar-refractivity contribution in [2.75, 3.05) is 20.1 Å². The number of amides is 1. The van der Waals surface area contributed by atoms with E-state index in [9.17, 15) is 4.79 Å². The molecule has 0 heterocycles. The molecule has 6 heteroatoms.